The molecule has 1 unspecified atom stereocenters. The van der Waals surface area contributed by atoms with Gasteiger partial charge in [0.15, 0.2) is 0 Å². The Balaban J connectivity index is 1.62. The van der Waals surface area contributed by atoms with E-state index in [2.05, 4.69) is 10.5 Å². The van der Waals surface area contributed by atoms with Crippen LogP contribution in [0.25, 0.3) is 0 Å². The van der Waals surface area contributed by atoms with Gasteiger partial charge in [-0.2, -0.15) is 0 Å². The lowest BCUT2D eigenvalue weighted by atomic mass is 10.1. The number of nitrogens with one attached hydrogen (secondary N) is 1. The molecular formula is C10H16N2O2. The fourth-order valence-corrected chi connectivity index (χ4v) is 1.66. The van der Waals surface area contributed by atoms with Crippen molar-refractivity contribution in [2.75, 3.05) is 13.2 Å². The Morgan fingerprint density at radius 1 is 1.50 bits per heavy atom. The molecule has 1 aromatic rings. The second kappa shape index (κ2) is 5.12. The predicted octanol–water partition coefficient (Wildman–Crippen LogP) is 1.33. The van der Waals surface area contributed by atoms with Crippen LogP contribution in [0.15, 0.2) is 16.8 Å². The van der Waals surface area contributed by atoms with Gasteiger partial charge in [-0.1, -0.05) is 5.16 Å². The van der Waals surface area contributed by atoms with E-state index in [0.29, 0.717) is 6.10 Å². The van der Waals surface area contributed by atoms with Gasteiger partial charge in [0.05, 0.1) is 18.8 Å². The quantitative estimate of drug-likeness (QED) is 0.789. The van der Waals surface area contributed by atoms with Crippen molar-refractivity contribution in [3.05, 3.63) is 18.0 Å². The van der Waals surface area contributed by atoms with Crippen LogP contribution < -0.4 is 5.32 Å². The molecule has 0 radical (unpaired) electrons. The summed E-state index contributed by atoms with van der Waals surface area (Å²) in [5, 5.41) is 6.94. The topological polar surface area (TPSA) is 47.3 Å². The minimum Gasteiger partial charge on any atom is -0.377 e. The molecule has 0 spiro atoms. The molecule has 0 aromatic carbocycles. The van der Waals surface area contributed by atoms with E-state index in [1.807, 2.05) is 6.07 Å². The van der Waals surface area contributed by atoms with Crippen LogP contribution in [-0.4, -0.2) is 24.4 Å². The van der Waals surface area contributed by atoms with Gasteiger partial charge in [0.25, 0.3) is 0 Å². The summed E-state index contributed by atoms with van der Waals surface area (Å²) in [6.45, 7) is 2.55. The normalized spacial score (nSPS) is 22.4. The minimum absolute atomic E-state index is 0.381. The van der Waals surface area contributed by atoms with Crippen molar-refractivity contribution in [3.8, 4) is 0 Å². The van der Waals surface area contributed by atoms with Crippen LogP contribution in [0.3, 0.4) is 0 Å². The van der Waals surface area contributed by atoms with Crippen molar-refractivity contribution >= 4 is 0 Å². The Bertz CT molecular complexity index is 243. The van der Waals surface area contributed by atoms with Crippen LogP contribution in [0.2, 0.25) is 0 Å². The zero-order valence-corrected chi connectivity index (χ0v) is 8.24. The highest BCUT2D eigenvalue weighted by Crippen LogP contribution is 2.11. The van der Waals surface area contributed by atoms with E-state index in [1.54, 1.807) is 6.20 Å². The lowest BCUT2D eigenvalue weighted by molar-refractivity contribution is 0.0165. The predicted molar refractivity (Wildman–Crippen MR) is 51.8 cm³/mol. The molecule has 1 atom stereocenters. The fraction of sp³-hybridized carbons (Fsp3) is 0.700. The number of aromatic nitrogens is 1. The molecule has 2 heterocycles. The second-order valence-electron chi connectivity index (χ2n) is 3.60. The zero-order valence-electron chi connectivity index (χ0n) is 8.24. The number of ether oxygens (including phenoxy) is 1. The van der Waals surface area contributed by atoms with Gasteiger partial charge >= 0.3 is 0 Å². The van der Waals surface area contributed by atoms with Crippen LogP contribution in [0.1, 0.15) is 25.0 Å². The lowest BCUT2D eigenvalue weighted by Gasteiger charge is -2.22. The zero-order chi connectivity index (χ0) is 9.64. The molecule has 0 aliphatic carbocycles. The molecule has 78 valence electrons. The fourth-order valence-electron chi connectivity index (χ4n) is 1.66. The van der Waals surface area contributed by atoms with Crippen molar-refractivity contribution in [3.63, 3.8) is 0 Å². The first-order chi connectivity index (χ1) is 6.95. The lowest BCUT2D eigenvalue weighted by Crippen LogP contribution is -2.31. The second-order valence-corrected chi connectivity index (χ2v) is 3.60. The molecule has 1 N–H and O–H groups in total. The first-order valence-corrected chi connectivity index (χ1v) is 5.17. The Kier molecular flexibility index (Phi) is 3.54. The smallest absolute Gasteiger partial charge is 0.150 e. The molecule has 1 aromatic heterocycles. The molecule has 1 aliphatic heterocycles. The van der Waals surface area contributed by atoms with Gasteiger partial charge in [0.2, 0.25) is 0 Å². The third-order valence-corrected chi connectivity index (χ3v) is 2.44. The van der Waals surface area contributed by atoms with Crippen molar-refractivity contribution in [2.45, 2.75) is 31.9 Å². The van der Waals surface area contributed by atoms with E-state index in [9.17, 15) is 0 Å². The SMILES string of the molecule is c1cc(CNCC2CCCCO2)on1. The van der Waals surface area contributed by atoms with Crippen LogP contribution in [0.5, 0.6) is 0 Å². The van der Waals surface area contributed by atoms with Crippen LogP contribution in [0, 0.1) is 0 Å². The van der Waals surface area contributed by atoms with Gasteiger partial charge in [0.1, 0.15) is 5.76 Å². The highest BCUT2D eigenvalue weighted by atomic mass is 16.5. The Hall–Kier alpha value is -0.870. The highest BCUT2D eigenvalue weighted by Gasteiger charge is 2.12. The van der Waals surface area contributed by atoms with Gasteiger partial charge in [-0.15, -0.1) is 0 Å². The maximum absolute atomic E-state index is 5.59. The third kappa shape index (κ3) is 2.82. The standard InChI is InChI=1S/C10H16N2O2/c1-2-6-13-9(3-1)7-11-8-10-4-5-12-14-10/h4-5,9,11H,1-3,6-8H2. The molecule has 14 heavy (non-hydrogen) atoms. The molecule has 1 fully saturated rings. The molecule has 2 rings (SSSR count). The summed E-state index contributed by atoms with van der Waals surface area (Å²) in [6.07, 6.45) is 5.71. The van der Waals surface area contributed by atoms with Gasteiger partial charge in [-0.3, -0.25) is 0 Å². The van der Waals surface area contributed by atoms with E-state index >= 15 is 0 Å². The van der Waals surface area contributed by atoms with Gasteiger partial charge in [-0.05, 0) is 19.3 Å². The molecule has 1 aliphatic rings. The molecule has 4 heteroatoms. The van der Waals surface area contributed by atoms with E-state index in [1.165, 1.54) is 19.3 Å². The third-order valence-electron chi connectivity index (χ3n) is 2.44. The largest absolute Gasteiger partial charge is 0.377 e. The summed E-state index contributed by atoms with van der Waals surface area (Å²) < 4.78 is 10.6. The number of nitrogens with zero attached hydrogens (tertiary/aromatic N) is 1. The number of hydrogen-bond acceptors (Lipinski definition) is 4. The van der Waals surface area contributed by atoms with Gasteiger partial charge < -0.3 is 14.6 Å². The minimum atomic E-state index is 0.381. The summed E-state index contributed by atoms with van der Waals surface area (Å²) in [7, 11) is 0. The van der Waals surface area contributed by atoms with E-state index in [0.717, 1.165) is 25.5 Å². The van der Waals surface area contributed by atoms with Crippen LogP contribution in [0.4, 0.5) is 0 Å². The van der Waals surface area contributed by atoms with Crippen molar-refractivity contribution in [1.29, 1.82) is 0 Å². The average Bonchev–Trinajstić information content (AvgIpc) is 2.72. The summed E-state index contributed by atoms with van der Waals surface area (Å²) in [6, 6.07) is 1.87. The summed E-state index contributed by atoms with van der Waals surface area (Å²) in [5.74, 6) is 0.876. The molecule has 0 bridgehead atoms. The van der Waals surface area contributed by atoms with Crippen LogP contribution in [-0.2, 0) is 11.3 Å². The first kappa shape index (κ1) is 9.68. The number of rotatable bonds is 4. The molecule has 0 saturated carbocycles. The summed E-state index contributed by atoms with van der Waals surface area (Å²) >= 11 is 0. The molecule has 1 saturated heterocycles. The van der Waals surface area contributed by atoms with E-state index in [-0.39, 0.29) is 0 Å². The Morgan fingerprint density at radius 3 is 3.21 bits per heavy atom. The van der Waals surface area contributed by atoms with E-state index < -0.39 is 0 Å². The molecule has 0 amide bonds. The summed E-state index contributed by atoms with van der Waals surface area (Å²) in [4.78, 5) is 0. The van der Waals surface area contributed by atoms with Crippen molar-refractivity contribution < 1.29 is 9.26 Å². The molecular weight excluding hydrogens is 180 g/mol. The van der Waals surface area contributed by atoms with Crippen molar-refractivity contribution in [2.24, 2.45) is 0 Å². The Labute approximate surface area is 83.6 Å². The average molecular weight is 196 g/mol. The monoisotopic (exact) mass is 196 g/mol. The van der Waals surface area contributed by atoms with Crippen LogP contribution >= 0.6 is 0 Å². The van der Waals surface area contributed by atoms with E-state index in [4.69, 9.17) is 9.26 Å². The maximum Gasteiger partial charge on any atom is 0.150 e. The summed E-state index contributed by atoms with van der Waals surface area (Å²) in [5.41, 5.74) is 0. The maximum atomic E-state index is 5.59. The van der Waals surface area contributed by atoms with Crippen molar-refractivity contribution in [1.82, 2.24) is 10.5 Å². The van der Waals surface area contributed by atoms with Gasteiger partial charge in [0, 0.05) is 19.2 Å². The highest BCUT2D eigenvalue weighted by molar-refractivity contribution is 4.91. The Morgan fingerprint density at radius 2 is 2.50 bits per heavy atom. The first-order valence-electron chi connectivity index (χ1n) is 5.17. The number of hydrogen-bond donors (Lipinski definition) is 1. The van der Waals surface area contributed by atoms with Gasteiger partial charge in [-0.25, -0.2) is 0 Å². The molecule has 4 nitrogen and oxygen atoms in total.